The summed E-state index contributed by atoms with van der Waals surface area (Å²) >= 11 is 0. The Kier molecular flexibility index (Phi) is 3.68. The van der Waals surface area contributed by atoms with Gasteiger partial charge in [-0.1, -0.05) is 18.2 Å². The van der Waals surface area contributed by atoms with Crippen LogP contribution < -0.4 is 10.2 Å². The van der Waals surface area contributed by atoms with E-state index in [1.54, 1.807) is 4.90 Å². The van der Waals surface area contributed by atoms with Crippen LogP contribution in [0.5, 0.6) is 0 Å². The Hall–Kier alpha value is -1.88. The number of amides is 1. The molecule has 112 valence electrons. The average Bonchev–Trinajstić information content (AvgIpc) is 2.71. The lowest BCUT2D eigenvalue weighted by Gasteiger charge is -2.33. The maximum Gasteiger partial charge on any atom is 0.302 e. The second-order valence-electron chi connectivity index (χ2n) is 5.65. The first-order chi connectivity index (χ1) is 10.1. The molecule has 5 heteroatoms. The van der Waals surface area contributed by atoms with E-state index < -0.39 is 5.41 Å². The molecule has 1 fully saturated rings. The van der Waals surface area contributed by atoms with Crippen LogP contribution in [-0.2, 0) is 19.7 Å². The van der Waals surface area contributed by atoms with E-state index in [2.05, 4.69) is 11.4 Å². The maximum atomic E-state index is 13.0. The molecular weight excluding hydrogens is 268 g/mol. The zero-order valence-electron chi connectivity index (χ0n) is 12.2. The molecule has 21 heavy (non-hydrogen) atoms. The van der Waals surface area contributed by atoms with Crippen molar-refractivity contribution in [2.75, 3.05) is 31.1 Å². The highest BCUT2D eigenvalue weighted by molar-refractivity contribution is 6.08. The lowest BCUT2D eigenvalue weighted by atomic mass is 9.74. The Morgan fingerprint density at radius 2 is 2.05 bits per heavy atom. The molecule has 0 unspecified atom stereocenters. The SMILES string of the molecule is CC(=O)OCCN1C(=O)C2(CCNCC2)c2ccccc21. The molecule has 0 atom stereocenters. The van der Waals surface area contributed by atoms with Crippen LogP contribution in [-0.4, -0.2) is 38.1 Å². The van der Waals surface area contributed by atoms with E-state index in [4.69, 9.17) is 4.74 Å². The minimum absolute atomic E-state index is 0.150. The number of ether oxygens (including phenoxy) is 1. The fraction of sp³-hybridized carbons (Fsp3) is 0.500. The third-order valence-electron chi connectivity index (χ3n) is 4.44. The number of piperidine rings is 1. The molecule has 3 rings (SSSR count). The van der Waals surface area contributed by atoms with Gasteiger partial charge in [-0.05, 0) is 37.6 Å². The average molecular weight is 288 g/mol. The summed E-state index contributed by atoms with van der Waals surface area (Å²) in [7, 11) is 0. The van der Waals surface area contributed by atoms with Crippen molar-refractivity contribution in [2.24, 2.45) is 0 Å². The van der Waals surface area contributed by atoms with Crippen LogP contribution in [0, 0.1) is 0 Å². The number of carbonyl (C=O) groups excluding carboxylic acids is 2. The number of fused-ring (bicyclic) bond motifs is 2. The Morgan fingerprint density at radius 3 is 2.76 bits per heavy atom. The summed E-state index contributed by atoms with van der Waals surface area (Å²) < 4.78 is 5.00. The smallest absolute Gasteiger partial charge is 0.302 e. The minimum atomic E-state index is -0.391. The van der Waals surface area contributed by atoms with E-state index >= 15 is 0 Å². The Morgan fingerprint density at radius 1 is 1.33 bits per heavy atom. The number of esters is 1. The summed E-state index contributed by atoms with van der Waals surface area (Å²) in [5, 5.41) is 3.32. The highest BCUT2D eigenvalue weighted by atomic mass is 16.5. The van der Waals surface area contributed by atoms with Crippen LogP contribution >= 0.6 is 0 Å². The van der Waals surface area contributed by atoms with E-state index in [-0.39, 0.29) is 18.5 Å². The Bertz CT molecular complexity index is 564. The summed E-state index contributed by atoms with van der Waals surface area (Å²) in [5.41, 5.74) is 1.70. The second-order valence-corrected chi connectivity index (χ2v) is 5.65. The number of hydrogen-bond acceptors (Lipinski definition) is 4. The number of benzene rings is 1. The molecule has 2 aliphatic rings. The van der Waals surface area contributed by atoms with Crippen molar-refractivity contribution in [3.05, 3.63) is 29.8 Å². The molecule has 0 bridgehead atoms. The number of carbonyl (C=O) groups is 2. The summed E-state index contributed by atoms with van der Waals surface area (Å²) in [6.07, 6.45) is 1.65. The molecule has 0 aliphatic carbocycles. The zero-order valence-corrected chi connectivity index (χ0v) is 12.2. The fourth-order valence-electron chi connectivity index (χ4n) is 3.44. The Balaban J connectivity index is 1.89. The number of anilines is 1. The maximum absolute atomic E-state index is 13.0. The van der Waals surface area contributed by atoms with E-state index in [0.29, 0.717) is 6.54 Å². The highest BCUT2D eigenvalue weighted by Gasteiger charge is 2.50. The molecular formula is C16H20N2O3. The molecule has 1 aromatic carbocycles. The lowest BCUT2D eigenvalue weighted by molar-refractivity contribution is -0.141. The second kappa shape index (κ2) is 5.48. The van der Waals surface area contributed by atoms with Gasteiger partial charge in [-0.15, -0.1) is 0 Å². The number of nitrogens with zero attached hydrogens (tertiary/aromatic N) is 1. The molecule has 5 nitrogen and oxygen atoms in total. The van der Waals surface area contributed by atoms with Crippen LogP contribution in [0.2, 0.25) is 0 Å². The van der Waals surface area contributed by atoms with Crippen molar-refractivity contribution >= 4 is 17.6 Å². The number of nitrogens with one attached hydrogen (secondary N) is 1. The van der Waals surface area contributed by atoms with Crippen LogP contribution in [0.1, 0.15) is 25.3 Å². The lowest BCUT2D eigenvalue weighted by Crippen LogP contribution is -2.47. The van der Waals surface area contributed by atoms with Crippen molar-refractivity contribution in [1.82, 2.24) is 5.32 Å². The normalized spacial score (nSPS) is 19.7. The molecule has 2 aliphatic heterocycles. The molecule has 1 aromatic rings. The van der Waals surface area contributed by atoms with E-state index in [1.165, 1.54) is 6.92 Å². The Labute approximate surface area is 124 Å². The summed E-state index contributed by atoms with van der Waals surface area (Å²) in [6, 6.07) is 7.98. The third-order valence-corrected chi connectivity index (χ3v) is 4.44. The highest BCUT2D eigenvalue weighted by Crippen LogP contribution is 2.46. The number of rotatable bonds is 3. The molecule has 1 N–H and O–H groups in total. The van der Waals surface area contributed by atoms with Gasteiger partial charge in [0.25, 0.3) is 0 Å². The summed E-state index contributed by atoms with van der Waals surface area (Å²) in [4.78, 5) is 25.7. The van der Waals surface area contributed by atoms with Crippen molar-refractivity contribution in [2.45, 2.75) is 25.2 Å². The largest absolute Gasteiger partial charge is 0.464 e. The molecule has 1 saturated heterocycles. The molecule has 0 radical (unpaired) electrons. The van der Waals surface area contributed by atoms with Gasteiger partial charge in [0.15, 0.2) is 0 Å². The van der Waals surface area contributed by atoms with E-state index in [1.807, 2.05) is 18.2 Å². The third kappa shape index (κ3) is 2.31. The van der Waals surface area contributed by atoms with Crippen LogP contribution in [0.15, 0.2) is 24.3 Å². The number of hydrogen-bond donors (Lipinski definition) is 1. The van der Waals surface area contributed by atoms with Gasteiger partial charge in [0.1, 0.15) is 6.61 Å². The molecule has 1 amide bonds. The van der Waals surface area contributed by atoms with Crippen LogP contribution in [0.3, 0.4) is 0 Å². The molecule has 0 aromatic heterocycles. The molecule has 0 saturated carbocycles. The topological polar surface area (TPSA) is 58.6 Å². The van der Waals surface area contributed by atoms with Gasteiger partial charge < -0.3 is 15.0 Å². The van der Waals surface area contributed by atoms with Gasteiger partial charge in [-0.3, -0.25) is 9.59 Å². The van der Waals surface area contributed by atoms with Gasteiger partial charge in [-0.2, -0.15) is 0 Å². The zero-order chi connectivity index (χ0) is 14.9. The quantitative estimate of drug-likeness (QED) is 0.850. The van der Waals surface area contributed by atoms with E-state index in [9.17, 15) is 9.59 Å². The number of para-hydroxylation sites is 1. The first-order valence-corrected chi connectivity index (χ1v) is 7.41. The minimum Gasteiger partial charge on any atom is -0.464 e. The van der Waals surface area contributed by atoms with Crippen LogP contribution in [0.4, 0.5) is 5.69 Å². The van der Waals surface area contributed by atoms with Gasteiger partial charge in [-0.25, -0.2) is 0 Å². The van der Waals surface area contributed by atoms with Gasteiger partial charge in [0.2, 0.25) is 5.91 Å². The standard InChI is InChI=1S/C16H20N2O3/c1-12(19)21-11-10-18-14-5-3-2-4-13(14)16(15(18)20)6-8-17-9-7-16/h2-5,17H,6-11H2,1H3. The van der Waals surface area contributed by atoms with Crippen molar-refractivity contribution in [3.63, 3.8) is 0 Å². The predicted octanol–water partition coefficient (Wildman–Crippen LogP) is 1.22. The van der Waals surface area contributed by atoms with Crippen molar-refractivity contribution in [1.29, 1.82) is 0 Å². The summed E-state index contributed by atoms with van der Waals surface area (Å²) in [5.74, 6) is -0.163. The molecule has 1 spiro atoms. The summed E-state index contributed by atoms with van der Waals surface area (Å²) in [6.45, 7) is 3.76. The van der Waals surface area contributed by atoms with Gasteiger partial charge in [0, 0.05) is 12.6 Å². The van der Waals surface area contributed by atoms with Gasteiger partial charge >= 0.3 is 5.97 Å². The van der Waals surface area contributed by atoms with Gasteiger partial charge in [0.05, 0.1) is 12.0 Å². The monoisotopic (exact) mass is 288 g/mol. The van der Waals surface area contributed by atoms with E-state index in [0.717, 1.165) is 37.2 Å². The molecule has 2 heterocycles. The van der Waals surface area contributed by atoms with Crippen LogP contribution in [0.25, 0.3) is 0 Å². The first-order valence-electron chi connectivity index (χ1n) is 7.41. The predicted molar refractivity (Wildman–Crippen MR) is 79.2 cm³/mol. The van der Waals surface area contributed by atoms with Crippen molar-refractivity contribution < 1.29 is 14.3 Å². The first kappa shape index (κ1) is 14.1. The fourth-order valence-corrected chi connectivity index (χ4v) is 3.44. The van der Waals surface area contributed by atoms with Crippen molar-refractivity contribution in [3.8, 4) is 0 Å².